The van der Waals surface area contributed by atoms with Gasteiger partial charge >= 0.3 is 12.1 Å². The topological polar surface area (TPSA) is 62.7 Å². The van der Waals surface area contributed by atoms with Crippen molar-refractivity contribution in [1.29, 1.82) is 0 Å². The number of rotatable bonds is 7. The Morgan fingerprint density at radius 2 is 1.84 bits per heavy atom. The van der Waals surface area contributed by atoms with Gasteiger partial charge in [0.2, 0.25) is 0 Å². The van der Waals surface area contributed by atoms with Gasteiger partial charge in [-0.1, -0.05) is 31.4 Å². The maximum Gasteiger partial charge on any atom is 0.419 e. The molecule has 5 nitrogen and oxygen atoms in total. The molecule has 1 aromatic heterocycles. The van der Waals surface area contributed by atoms with Gasteiger partial charge in [-0.05, 0) is 55.0 Å². The average molecular weight is 451 g/mol. The summed E-state index contributed by atoms with van der Waals surface area (Å²) in [6.07, 6.45) is 3.40. The Balaban J connectivity index is 0.000000887. The molecule has 174 valence electrons. The van der Waals surface area contributed by atoms with Crippen molar-refractivity contribution in [3.05, 3.63) is 53.7 Å². The van der Waals surface area contributed by atoms with Crippen LogP contribution in [0.1, 0.15) is 49.7 Å². The quantitative estimate of drug-likeness (QED) is 0.596. The molecule has 32 heavy (non-hydrogen) atoms. The van der Waals surface area contributed by atoms with Crippen LogP contribution in [-0.2, 0) is 17.4 Å². The standard InChI is InChI=1S/C21H23F3N2O3.C3H6/c22-21(23,24)18-5-2-10-25-20(18)26-11-8-16(9-12-26)14-29-17-4-1-3-15(13-17)6-7-19(27)28;1-2-3-1/h1-5,10,13,16H,6-9,11-12,14H2,(H,27,28);1-3H2. The second kappa shape index (κ2) is 11.2. The van der Waals surface area contributed by atoms with E-state index in [0.29, 0.717) is 44.7 Å². The fraction of sp³-hybridized carbons (Fsp3) is 0.500. The van der Waals surface area contributed by atoms with Gasteiger partial charge in [0, 0.05) is 25.7 Å². The highest BCUT2D eigenvalue weighted by Crippen LogP contribution is 2.36. The Morgan fingerprint density at radius 3 is 2.47 bits per heavy atom. The number of aryl methyl sites for hydroxylation is 1. The van der Waals surface area contributed by atoms with Crippen molar-refractivity contribution in [1.82, 2.24) is 4.98 Å². The van der Waals surface area contributed by atoms with Gasteiger partial charge < -0.3 is 14.7 Å². The first-order valence-corrected chi connectivity index (χ1v) is 11.0. The van der Waals surface area contributed by atoms with E-state index in [4.69, 9.17) is 9.84 Å². The summed E-state index contributed by atoms with van der Waals surface area (Å²) in [5.74, 6) is 0.0709. The molecule has 1 saturated carbocycles. The molecule has 1 saturated heterocycles. The number of hydrogen-bond donors (Lipinski definition) is 1. The summed E-state index contributed by atoms with van der Waals surface area (Å²) < 4.78 is 45.5. The molecule has 0 bridgehead atoms. The number of carbonyl (C=O) groups is 1. The smallest absolute Gasteiger partial charge is 0.419 e. The Hall–Kier alpha value is -2.77. The third kappa shape index (κ3) is 7.73. The SMILES string of the molecule is C1CC1.O=C(O)CCc1cccc(OCC2CCN(c3ncccc3C(F)(F)F)CC2)c1. The van der Waals surface area contributed by atoms with E-state index in [9.17, 15) is 18.0 Å². The van der Waals surface area contributed by atoms with Gasteiger partial charge in [-0.2, -0.15) is 13.2 Å². The van der Waals surface area contributed by atoms with Crippen molar-refractivity contribution < 1.29 is 27.8 Å². The number of carboxylic acid groups (broad SMARTS) is 1. The van der Waals surface area contributed by atoms with Crippen LogP contribution in [0.25, 0.3) is 0 Å². The van der Waals surface area contributed by atoms with Gasteiger partial charge in [-0.25, -0.2) is 4.98 Å². The summed E-state index contributed by atoms with van der Waals surface area (Å²) in [7, 11) is 0. The Kier molecular flexibility index (Phi) is 8.36. The predicted octanol–water partition coefficient (Wildman–Crippen LogP) is 5.58. The number of nitrogens with zero attached hydrogens (tertiary/aromatic N) is 2. The number of pyridine rings is 1. The second-order valence-corrected chi connectivity index (χ2v) is 8.22. The molecule has 1 aliphatic heterocycles. The zero-order valence-corrected chi connectivity index (χ0v) is 18.0. The van der Waals surface area contributed by atoms with Crippen LogP contribution in [0.2, 0.25) is 0 Å². The molecule has 1 N–H and O–H groups in total. The first-order valence-electron chi connectivity index (χ1n) is 11.0. The lowest BCUT2D eigenvalue weighted by Gasteiger charge is -2.33. The predicted molar refractivity (Wildman–Crippen MR) is 116 cm³/mol. The van der Waals surface area contributed by atoms with Crippen molar-refractivity contribution >= 4 is 11.8 Å². The van der Waals surface area contributed by atoms with Crippen LogP contribution in [0.5, 0.6) is 5.75 Å². The first kappa shape index (κ1) is 23.9. The van der Waals surface area contributed by atoms with Crippen LogP contribution in [0.3, 0.4) is 0 Å². The molecule has 8 heteroatoms. The number of carboxylic acids is 1. The van der Waals surface area contributed by atoms with Gasteiger partial charge in [0.1, 0.15) is 11.6 Å². The number of halogens is 3. The summed E-state index contributed by atoms with van der Waals surface area (Å²) in [6.45, 7) is 1.46. The molecular weight excluding hydrogens is 421 g/mol. The molecule has 0 radical (unpaired) electrons. The van der Waals surface area contributed by atoms with E-state index in [1.807, 2.05) is 24.3 Å². The molecule has 1 aromatic carbocycles. The molecule has 2 aliphatic rings. The van der Waals surface area contributed by atoms with E-state index < -0.39 is 17.7 Å². The Labute approximate surface area is 186 Å². The minimum Gasteiger partial charge on any atom is -0.493 e. The lowest BCUT2D eigenvalue weighted by atomic mass is 9.97. The minimum atomic E-state index is -4.42. The van der Waals surface area contributed by atoms with E-state index in [1.54, 1.807) is 4.90 Å². The van der Waals surface area contributed by atoms with Gasteiger partial charge in [0.15, 0.2) is 0 Å². The summed E-state index contributed by atoms with van der Waals surface area (Å²) in [5, 5.41) is 8.78. The zero-order chi connectivity index (χ0) is 23.0. The van der Waals surface area contributed by atoms with Crippen molar-refractivity contribution in [2.45, 2.75) is 51.1 Å². The van der Waals surface area contributed by atoms with Crippen molar-refractivity contribution in [3.63, 3.8) is 0 Å². The number of anilines is 1. The maximum atomic E-state index is 13.2. The van der Waals surface area contributed by atoms with E-state index >= 15 is 0 Å². The van der Waals surface area contributed by atoms with Gasteiger partial charge in [-0.15, -0.1) is 0 Å². The fourth-order valence-electron chi connectivity index (χ4n) is 3.44. The molecule has 2 fully saturated rings. The number of ether oxygens (including phenoxy) is 1. The molecule has 0 amide bonds. The molecule has 2 heterocycles. The average Bonchev–Trinajstić information content (AvgIpc) is 3.66. The fourth-order valence-corrected chi connectivity index (χ4v) is 3.44. The van der Waals surface area contributed by atoms with Crippen LogP contribution in [0, 0.1) is 5.92 Å². The van der Waals surface area contributed by atoms with Gasteiger partial charge in [-0.3, -0.25) is 4.79 Å². The largest absolute Gasteiger partial charge is 0.493 e. The lowest BCUT2D eigenvalue weighted by Crippen LogP contribution is -2.37. The minimum absolute atomic E-state index is 0.00880. The lowest BCUT2D eigenvalue weighted by molar-refractivity contribution is -0.138. The zero-order valence-electron chi connectivity index (χ0n) is 18.0. The Morgan fingerprint density at radius 1 is 1.12 bits per heavy atom. The molecule has 2 aromatic rings. The third-order valence-corrected chi connectivity index (χ3v) is 5.37. The molecular formula is C24H29F3N2O3. The van der Waals surface area contributed by atoms with Crippen molar-refractivity contribution in [3.8, 4) is 5.75 Å². The number of piperidine rings is 1. The number of benzene rings is 1. The van der Waals surface area contributed by atoms with Crippen LogP contribution < -0.4 is 9.64 Å². The van der Waals surface area contributed by atoms with E-state index in [0.717, 1.165) is 11.6 Å². The maximum absolute atomic E-state index is 13.2. The summed E-state index contributed by atoms with van der Waals surface area (Å²) in [5.41, 5.74) is 0.197. The third-order valence-electron chi connectivity index (χ3n) is 5.37. The van der Waals surface area contributed by atoms with Crippen LogP contribution in [0.15, 0.2) is 42.6 Å². The molecule has 0 atom stereocenters. The normalized spacial score (nSPS) is 16.2. The molecule has 1 aliphatic carbocycles. The molecule has 0 unspecified atom stereocenters. The number of hydrogen-bond acceptors (Lipinski definition) is 4. The van der Waals surface area contributed by atoms with Gasteiger partial charge in [0.25, 0.3) is 0 Å². The van der Waals surface area contributed by atoms with Crippen molar-refractivity contribution in [2.75, 3.05) is 24.6 Å². The highest BCUT2D eigenvalue weighted by Gasteiger charge is 2.36. The monoisotopic (exact) mass is 450 g/mol. The van der Waals surface area contributed by atoms with E-state index in [-0.39, 0.29) is 18.2 Å². The summed E-state index contributed by atoms with van der Waals surface area (Å²) in [4.78, 5) is 16.3. The highest BCUT2D eigenvalue weighted by molar-refractivity contribution is 5.67. The summed E-state index contributed by atoms with van der Waals surface area (Å²) in [6, 6.07) is 9.71. The molecule has 4 rings (SSSR count). The number of alkyl halides is 3. The summed E-state index contributed by atoms with van der Waals surface area (Å²) >= 11 is 0. The second-order valence-electron chi connectivity index (χ2n) is 8.22. The van der Waals surface area contributed by atoms with Crippen LogP contribution in [0.4, 0.5) is 19.0 Å². The number of aliphatic carboxylic acids is 1. The van der Waals surface area contributed by atoms with Gasteiger partial charge in [0.05, 0.1) is 12.2 Å². The molecule has 0 spiro atoms. The Bertz CT molecular complexity index is 876. The van der Waals surface area contributed by atoms with E-state index in [1.165, 1.54) is 31.5 Å². The highest BCUT2D eigenvalue weighted by atomic mass is 19.4. The van der Waals surface area contributed by atoms with E-state index in [2.05, 4.69) is 4.98 Å². The van der Waals surface area contributed by atoms with Crippen LogP contribution in [-0.4, -0.2) is 35.8 Å². The van der Waals surface area contributed by atoms with Crippen molar-refractivity contribution in [2.24, 2.45) is 5.92 Å². The number of aromatic nitrogens is 1. The first-order chi connectivity index (χ1) is 15.3. The van der Waals surface area contributed by atoms with Crippen LogP contribution >= 0.6 is 0 Å².